The van der Waals surface area contributed by atoms with Crippen molar-refractivity contribution < 1.29 is 4.79 Å². The number of hydrogen-bond donors (Lipinski definition) is 2. The first-order valence-corrected chi connectivity index (χ1v) is 8.89. The molecule has 3 rings (SSSR count). The Bertz CT molecular complexity index is 901. The molecule has 2 N–H and O–H groups in total. The van der Waals surface area contributed by atoms with E-state index in [0.29, 0.717) is 23.0 Å². The molecule has 1 aromatic heterocycles. The van der Waals surface area contributed by atoms with Gasteiger partial charge in [0.05, 0.1) is 0 Å². The molecule has 0 aliphatic carbocycles. The van der Waals surface area contributed by atoms with Crippen LogP contribution in [0.25, 0.3) is 0 Å². The van der Waals surface area contributed by atoms with Gasteiger partial charge in [-0.25, -0.2) is 9.89 Å². The van der Waals surface area contributed by atoms with E-state index in [-0.39, 0.29) is 11.6 Å². The number of aromatic nitrogens is 3. The van der Waals surface area contributed by atoms with E-state index in [1.54, 1.807) is 16.7 Å². The van der Waals surface area contributed by atoms with Gasteiger partial charge in [-0.3, -0.25) is 9.36 Å². The molecule has 3 aromatic rings. The maximum Gasteiger partial charge on any atom is 0.343 e. The number of nitrogens with zero attached hydrogens (tertiary/aromatic N) is 2. The van der Waals surface area contributed by atoms with Crippen LogP contribution >= 0.6 is 11.8 Å². The summed E-state index contributed by atoms with van der Waals surface area (Å²) in [6.45, 7) is 2.48. The molecule has 0 radical (unpaired) electrons. The van der Waals surface area contributed by atoms with E-state index in [2.05, 4.69) is 15.5 Å². The van der Waals surface area contributed by atoms with Gasteiger partial charge in [0.2, 0.25) is 0 Å². The van der Waals surface area contributed by atoms with Crippen molar-refractivity contribution in [2.45, 2.75) is 24.4 Å². The summed E-state index contributed by atoms with van der Waals surface area (Å²) in [7, 11) is 0. The maximum atomic E-state index is 12.2. The van der Waals surface area contributed by atoms with Crippen molar-refractivity contribution in [2.75, 3.05) is 5.32 Å². The van der Waals surface area contributed by atoms with Crippen LogP contribution in [0.2, 0.25) is 0 Å². The zero-order valence-electron chi connectivity index (χ0n) is 13.7. The molecule has 0 aliphatic heterocycles. The topological polar surface area (TPSA) is 79.8 Å². The number of carbonyl (C=O) groups is 1. The Kier molecular flexibility index (Phi) is 5.35. The van der Waals surface area contributed by atoms with Crippen molar-refractivity contribution in [3.8, 4) is 0 Å². The third kappa shape index (κ3) is 4.19. The van der Waals surface area contributed by atoms with E-state index in [1.165, 1.54) is 11.8 Å². The molecule has 0 fully saturated rings. The number of amides is 1. The molecule has 128 valence electrons. The van der Waals surface area contributed by atoms with Gasteiger partial charge in [0.1, 0.15) is 0 Å². The number of para-hydroxylation sites is 1. The summed E-state index contributed by atoms with van der Waals surface area (Å²) < 4.78 is 1.59. The second-order valence-corrected chi connectivity index (χ2v) is 6.30. The predicted molar refractivity (Wildman–Crippen MR) is 98.9 cm³/mol. The fraction of sp³-hybridized carbons (Fsp3) is 0.167. The molecule has 0 spiro atoms. The van der Waals surface area contributed by atoms with Gasteiger partial charge in [-0.2, -0.15) is 0 Å². The van der Waals surface area contributed by atoms with Gasteiger partial charge in [0, 0.05) is 23.5 Å². The van der Waals surface area contributed by atoms with Crippen molar-refractivity contribution >= 4 is 23.4 Å². The van der Waals surface area contributed by atoms with Crippen molar-refractivity contribution in [2.24, 2.45) is 0 Å². The van der Waals surface area contributed by atoms with Gasteiger partial charge >= 0.3 is 5.69 Å². The highest BCUT2D eigenvalue weighted by Crippen LogP contribution is 2.20. The number of hydrogen-bond acceptors (Lipinski definition) is 4. The van der Waals surface area contributed by atoms with Crippen LogP contribution in [0.5, 0.6) is 0 Å². The largest absolute Gasteiger partial charge is 0.343 e. The van der Waals surface area contributed by atoms with Gasteiger partial charge in [-0.1, -0.05) is 42.1 Å². The fourth-order valence-electron chi connectivity index (χ4n) is 2.32. The van der Waals surface area contributed by atoms with Crippen LogP contribution in [0.3, 0.4) is 0 Å². The number of benzene rings is 2. The smallest absolute Gasteiger partial charge is 0.322 e. The first-order chi connectivity index (χ1) is 12.2. The van der Waals surface area contributed by atoms with Crippen molar-refractivity contribution in [1.29, 1.82) is 0 Å². The Morgan fingerprint density at radius 3 is 2.56 bits per heavy atom. The van der Waals surface area contributed by atoms with Crippen LogP contribution in [0.15, 0.2) is 64.5 Å². The molecule has 7 heteroatoms. The highest BCUT2D eigenvalue weighted by atomic mass is 32.2. The lowest BCUT2D eigenvalue weighted by atomic mass is 10.1. The summed E-state index contributed by atoms with van der Waals surface area (Å²) in [6, 6.07) is 16.8. The SMILES string of the molecule is CCn1c(SCc2ccc(C(=O)Nc3ccccc3)cc2)n[nH]c1=O. The molecule has 6 nitrogen and oxygen atoms in total. The van der Waals surface area contributed by atoms with E-state index in [0.717, 1.165) is 11.3 Å². The van der Waals surface area contributed by atoms with Crippen LogP contribution < -0.4 is 11.0 Å². The van der Waals surface area contributed by atoms with Crippen LogP contribution in [0.4, 0.5) is 5.69 Å². The summed E-state index contributed by atoms with van der Waals surface area (Å²) in [5.74, 6) is 0.530. The van der Waals surface area contributed by atoms with Gasteiger partial charge in [-0.15, -0.1) is 5.10 Å². The molecule has 25 heavy (non-hydrogen) atoms. The molecule has 0 unspecified atom stereocenters. The van der Waals surface area contributed by atoms with Gasteiger partial charge in [0.25, 0.3) is 5.91 Å². The summed E-state index contributed by atoms with van der Waals surface area (Å²) in [4.78, 5) is 23.8. The Morgan fingerprint density at radius 2 is 1.88 bits per heavy atom. The quantitative estimate of drug-likeness (QED) is 0.667. The first-order valence-electron chi connectivity index (χ1n) is 7.90. The van der Waals surface area contributed by atoms with Gasteiger partial charge in [0.15, 0.2) is 5.16 Å². The van der Waals surface area contributed by atoms with E-state index in [1.807, 2.05) is 49.4 Å². The number of thioether (sulfide) groups is 1. The zero-order valence-corrected chi connectivity index (χ0v) is 14.5. The maximum absolute atomic E-state index is 12.2. The highest BCUT2D eigenvalue weighted by Gasteiger charge is 2.09. The molecule has 0 bridgehead atoms. The predicted octanol–water partition coefficient (Wildman–Crippen LogP) is 3.14. The lowest BCUT2D eigenvalue weighted by Gasteiger charge is -2.06. The fourth-order valence-corrected chi connectivity index (χ4v) is 3.28. The van der Waals surface area contributed by atoms with Crippen LogP contribution in [0.1, 0.15) is 22.8 Å². The Hall–Kier alpha value is -2.80. The van der Waals surface area contributed by atoms with Gasteiger partial charge < -0.3 is 5.32 Å². The second kappa shape index (κ2) is 7.85. The molecular weight excluding hydrogens is 336 g/mol. The molecule has 0 saturated heterocycles. The second-order valence-electron chi connectivity index (χ2n) is 5.36. The number of aromatic amines is 1. The molecule has 1 heterocycles. The standard InChI is InChI=1S/C18H18N4O2S/c1-2-22-17(24)20-21-18(22)25-12-13-8-10-14(11-9-13)16(23)19-15-6-4-3-5-7-15/h3-11H,2,12H2,1H3,(H,19,23)(H,20,24). The van der Waals surface area contributed by atoms with E-state index >= 15 is 0 Å². The molecule has 0 saturated carbocycles. The minimum Gasteiger partial charge on any atom is -0.322 e. The summed E-state index contributed by atoms with van der Waals surface area (Å²) in [6.07, 6.45) is 0. The van der Waals surface area contributed by atoms with Gasteiger partial charge in [-0.05, 0) is 36.8 Å². The van der Waals surface area contributed by atoms with Crippen LogP contribution in [0, 0.1) is 0 Å². The number of nitrogens with one attached hydrogen (secondary N) is 2. The Balaban J connectivity index is 1.62. The van der Waals surface area contributed by atoms with E-state index < -0.39 is 0 Å². The average molecular weight is 354 g/mol. The number of anilines is 1. The van der Waals surface area contributed by atoms with Crippen molar-refractivity contribution in [1.82, 2.24) is 14.8 Å². The summed E-state index contributed by atoms with van der Waals surface area (Å²) in [5, 5.41) is 10.00. The molecule has 0 aliphatic rings. The highest BCUT2D eigenvalue weighted by molar-refractivity contribution is 7.98. The molecule has 1 amide bonds. The number of H-pyrrole nitrogens is 1. The number of rotatable bonds is 6. The third-order valence-electron chi connectivity index (χ3n) is 3.66. The van der Waals surface area contributed by atoms with E-state index in [4.69, 9.17) is 0 Å². The zero-order chi connectivity index (χ0) is 17.6. The molecule has 0 atom stereocenters. The summed E-state index contributed by atoms with van der Waals surface area (Å²) in [5.41, 5.74) is 2.23. The number of carbonyl (C=O) groups excluding carboxylic acids is 1. The van der Waals surface area contributed by atoms with Crippen molar-refractivity contribution in [3.63, 3.8) is 0 Å². The Labute approximate surface area is 149 Å². The monoisotopic (exact) mass is 354 g/mol. The minimum atomic E-state index is -0.196. The average Bonchev–Trinajstić information content (AvgIpc) is 3.01. The summed E-state index contributed by atoms with van der Waals surface area (Å²) >= 11 is 1.48. The normalized spacial score (nSPS) is 10.6. The lowest BCUT2D eigenvalue weighted by molar-refractivity contribution is 0.102. The Morgan fingerprint density at radius 1 is 1.16 bits per heavy atom. The minimum absolute atomic E-state index is 0.141. The third-order valence-corrected chi connectivity index (χ3v) is 4.70. The van der Waals surface area contributed by atoms with Crippen LogP contribution in [-0.4, -0.2) is 20.7 Å². The lowest BCUT2D eigenvalue weighted by Crippen LogP contribution is -2.16. The van der Waals surface area contributed by atoms with Crippen LogP contribution in [-0.2, 0) is 12.3 Å². The van der Waals surface area contributed by atoms with Crippen molar-refractivity contribution in [3.05, 3.63) is 76.2 Å². The molecule has 2 aromatic carbocycles. The van der Waals surface area contributed by atoms with E-state index in [9.17, 15) is 9.59 Å². The molecular formula is C18H18N4O2S. The first kappa shape index (κ1) is 17.0.